The maximum atomic E-state index is 14.2. The van der Waals surface area contributed by atoms with E-state index in [2.05, 4.69) is 0 Å². The Labute approximate surface area is 156 Å². The molecule has 1 heterocycles. The summed E-state index contributed by atoms with van der Waals surface area (Å²) in [6, 6.07) is 9.74. The summed E-state index contributed by atoms with van der Waals surface area (Å²) in [6.45, 7) is 4.29. The zero-order valence-corrected chi connectivity index (χ0v) is 15.4. The van der Waals surface area contributed by atoms with Crippen LogP contribution < -0.4 is 4.74 Å². The van der Waals surface area contributed by atoms with Gasteiger partial charge in [0.15, 0.2) is 6.10 Å². The minimum atomic E-state index is -0.627. The molecule has 1 aliphatic heterocycles. The van der Waals surface area contributed by atoms with Crippen LogP contribution in [0.25, 0.3) is 0 Å². The van der Waals surface area contributed by atoms with Crippen LogP contribution in [0.15, 0.2) is 36.4 Å². The predicted octanol–water partition coefficient (Wildman–Crippen LogP) is 5.08. The highest BCUT2D eigenvalue weighted by atomic mass is 35.5. The van der Waals surface area contributed by atoms with Gasteiger partial charge in [-0.25, -0.2) is 4.39 Å². The lowest BCUT2D eigenvalue weighted by Gasteiger charge is -2.26. The Balaban J connectivity index is 1.97. The highest BCUT2D eigenvalue weighted by Gasteiger charge is 2.33. The Bertz CT molecular complexity index is 810. The number of fused-ring (bicyclic) bond motifs is 1. The molecule has 132 valence electrons. The lowest BCUT2D eigenvalue weighted by Crippen LogP contribution is -2.42. The summed E-state index contributed by atoms with van der Waals surface area (Å²) in [5.74, 6) is 0.0109. The van der Waals surface area contributed by atoms with Crippen LogP contribution in [0.1, 0.15) is 25.0 Å². The number of hydrogen-bond donors (Lipinski definition) is 0. The van der Waals surface area contributed by atoms with E-state index < -0.39 is 11.9 Å². The van der Waals surface area contributed by atoms with Gasteiger partial charge in [0, 0.05) is 34.3 Å². The molecular formula is C19H18Cl2FNO2. The number of carbonyl (C=O) groups excluding carboxylic acids is 1. The lowest BCUT2D eigenvalue weighted by molar-refractivity contribution is -0.140. The molecule has 0 N–H and O–H groups in total. The maximum Gasteiger partial charge on any atom is 0.264 e. The highest BCUT2D eigenvalue weighted by molar-refractivity contribution is 6.30. The van der Waals surface area contributed by atoms with E-state index in [1.54, 1.807) is 35.2 Å². The van der Waals surface area contributed by atoms with E-state index in [1.165, 1.54) is 6.07 Å². The van der Waals surface area contributed by atoms with Crippen LogP contribution in [-0.2, 0) is 17.9 Å². The highest BCUT2D eigenvalue weighted by Crippen LogP contribution is 2.31. The minimum Gasteiger partial charge on any atom is -0.480 e. The number of amides is 1. The van der Waals surface area contributed by atoms with Gasteiger partial charge in [-0.1, -0.05) is 43.1 Å². The second-order valence-corrected chi connectivity index (χ2v) is 7.34. The molecule has 0 saturated carbocycles. The van der Waals surface area contributed by atoms with Crippen LogP contribution in [0.3, 0.4) is 0 Å². The van der Waals surface area contributed by atoms with Crippen molar-refractivity contribution >= 4 is 29.1 Å². The van der Waals surface area contributed by atoms with Crippen LogP contribution in [0.5, 0.6) is 5.75 Å². The molecule has 0 bridgehead atoms. The minimum absolute atomic E-state index is 0.0216. The summed E-state index contributed by atoms with van der Waals surface area (Å²) >= 11 is 11.9. The van der Waals surface area contributed by atoms with E-state index in [4.69, 9.17) is 27.9 Å². The van der Waals surface area contributed by atoms with E-state index in [9.17, 15) is 9.18 Å². The Kier molecular flexibility index (Phi) is 5.21. The molecule has 0 aliphatic carbocycles. The van der Waals surface area contributed by atoms with Crippen molar-refractivity contribution in [2.75, 3.05) is 0 Å². The third-order valence-electron chi connectivity index (χ3n) is 4.17. The summed E-state index contributed by atoms with van der Waals surface area (Å²) in [7, 11) is 0. The van der Waals surface area contributed by atoms with Crippen molar-refractivity contribution in [2.45, 2.75) is 33.0 Å². The number of hydrogen-bond acceptors (Lipinski definition) is 2. The first-order valence-electron chi connectivity index (χ1n) is 8.03. The molecule has 1 amide bonds. The standard InChI is InChI=1S/C19H18Cl2FNO2/c1-11(2)18-19(24)23(9-12-3-4-15(21)8-16(12)22)10-13-7-14(20)5-6-17(13)25-18/h3-8,11,18H,9-10H2,1-2H3. The van der Waals surface area contributed by atoms with Crippen molar-refractivity contribution in [3.8, 4) is 5.75 Å². The number of carbonyl (C=O) groups is 1. The second-order valence-electron chi connectivity index (χ2n) is 6.46. The average molecular weight is 382 g/mol. The molecule has 1 atom stereocenters. The smallest absolute Gasteiger partial charge is 0.264 e. The predicted molar refractivity (Wildman–Crippen MR) is 96.4 cm³/mol. The zero-order chi connectivity index (χ0) is 18.1. The monoisotopic (exact) mass is 381 g/mol. The van der Waals surface area contributed by atoms with Gasteiger partial charge in [-0.2, -0.15) is 0 Å². The lowest BCUT2D eigenvalue weighted by atomic mass is 10.1. The van der Waals surface area contributed by atoms with E-state index in [-0.39, 0.29) is 18.4 Å². The zero-order valence-electron chi connectivity index (χ0n) is 13.9. The maximum absolute atomic E-state index is 14.2. The van der Waals surface area contributed by atoms with Crippen molar-refractivity contribution in [1.82, 2.24) is 4.90 Å². The van der Waals surface area contributed by atoms with Crippen molar-refractivity contribution in [1.29, 1.82) is 0 Å². The van der Waals surface area contributed by atoms with Crippen molar-refractivity contribution in [3.05, 3.63) is 63.4 Å². The van der Waals surface area contributed by atoms with Crippen LogP contribution >= 0.6 is 23.2 Å². The largest absolute Gasteiger partial charge is 0.480 e. The van der Waals surface area contributed by atoms with Gasteiger partial charge in [-0.05, 0) is 36.2 Å². The molecular weight excluding hydrogens is 364 g/mol. The van der Waals surface area contributed by atoms with Gasteiger partial charge in [-0.3, -0.25) is 4.79 Å². The summed E-state index contributed by atoms with van der Waals surface area (Å²) in [6.07, 6.45) is -0.627. The first kappa shape index (κ1) is 18.0. The fraction of sp³-hybridized carbons (Fsp3) is 0.316. The molecule has 1 unspecified atom stereocenters. The summed E-state index contributed by atoms with van der Waals surface area (Å²) in [5.41, 5.74) is 1.21. The van der Waals surface area contributed by atoms with Gasteiger partial charge in [-0.15, -0.1) is 0 Å². The first-order valence-corrected chi connectivity index (χ1v) is 8.78. The van der Waals surface area contributed by atoms with Crippen LogP contribution in [0.2, 0.25) is 10.0 Å². The summed E-state index contributed by atoms with van der Waals surface area (Å²) < 4.78 is 20.1. The van der Waals surface area contributed by atoms with Gasteiger partial charge < -0.3 is 9.64 Å². The molecule has 0 fully saturated rings. The van der Waals surface area contributed by atoms with Gasteiger partial charge in [0.25, 0.3) is 5.91 Å². The molecule has 2 aromatic rings. The van der Waals surface area contributed by atoms with E-state index in [1.807, 2.05) is 13.8 Å². The fourth-order valence-corrected chi connectivity index (χ4v) is 3.20. The molecule has 0 aromatic heterocycles. The number of halogens is 3. The molecule has 0 spiro atoms. The number of nitrogens with zero attached hydrogens (tertiary/aromatic N) is 1. The molecule has 6 heteroatoms. The second kappa shape index (κ2) is 7.22. The Hall–Kier alpha value is -1.78. The Morgan fingerprint density at radius 2 is 1.88 bits per heavy atom. The summed E-state index contributed by atoms with van der Waals surface area (Å²) in [5, 5.41) is 0.888. The molecule has 2 aromatic carbocycles. The third kappa shape index (κ3) is 3.91. The SMILES string of the molecule is CC(C)C1Oc2ccc(Cl)cc2CN(Cc2ccc(Cl)cc2F)C1=O. The first-order chi connectivity index (χ1) is 11.8. The van der Waals surface area contributed by atoms with E-state index in [0.29, 0.717) is 27.9 Å². The average Bonchev–Trinajstić information content (AvgIpc) is 2.67. The van der Waals surface area contributed by atoms with Gasteiger partial charge in [0.1, 0.15) is 11.6 Å². The molecule has 3 nitrogen and oxygen atoms in total. The molecule has 0 saturated heterocycles. The molecule has 25 heavy (non-hydrogen) atoms. The van der Waals surface area contributed by atoms with E-state index >= 15 is 0 Å². The van der Waals surface area contributed by atoms with Crippen LogP contribution in [-0.4, -0.2) is 16.9 Å². The number of rotatable bonds is 3. The van der Waals surface area contributed by atoms with Crippen molar-refractivity contribution in [2.24, 2.45) is 5.92 Å². The summed E-state index contributed by atoms with van der Waals surface area (Å²) in [4.78, 5) is 14.5. The van der Waals surface area contributed by atoms with Gasteiger partial charge >= 0.3 is 0 Å². The molecule has 1 aliphatic rings. The number of ether oxygens (including phenoxy) is 1. The third-order valence-corrected chi connectivity index (χ3v) is 4.64. The van der Waals surface area contributed by atoms with Crippen molar-refractivity contribution in [3.63, 3.8) is 0 Å². The van der Waals surface area contributed by atoms with Crippen LogP contribution in [0.4, 0.5) is 4.39 Å². The van der Waals surface area contributed by atoms with E-state index in [0.717, 1.165) is 5.56 Å². The van der Waals surface area contributed by atoms with Crippen LogP contribution in [0, 0.1) is 11.7 Å². The normalized spacial score (nSPS) is 17.3. The fourth-order valence-electron chi connectivity index (χ4n) is 2.85. The molecule has 3 rings (SSSR count). The Morgan fingerprint density at radius 1 is 1.20 bits per heavy atom. The van der Waals surface area contributed by atoms with Gasteiger partial charge in [0.2, 0.25) is 0 Å². The molecule has 0 radical (unpaired) electrons. The number of benzene rings is 2. The topological polar surface area (TPSA) is 29.5 Å². The van der Waals surface area contributed by atoms with Crippen molar-refractivity contribution < 1.29 is 13.9 Å². The Morgan fingerprint density at radius 3 is 2.56 bits per heavy atom. The van der Waals surface area contributed by atoms with Gasteiger partial charge in [0.05, 0.1) is 0 Å². The quantitative estimate of drug-likeness (QED) is 0.741.